The molecular weight excluding hydrogens is 214 g/mol. The van der Waals surface area contributed by atoms with Gasteiger partial charge < -0.3 is 15.2 Å². The van der Waals surface area contributed by atoms with Crippen molar-refractivity contribution in [2.75, 3.05) is 12.4 Å². The predicted octanol–water partition coefficient (Wildman–Crippen LogP) is 3.01. The van der Waals surface area contributed by atoms with Crippen molar-refractivity contribution in [1.29, 1.82) is 0 Å². The fraction of sp³-hybridized carbons (Fsp3) is 0.143. The van der Waals surface area contributed by atoms with Gasteiger partial charge in [0.1, 0.15) is 11.5 Å². The Morgan fingerprint density at radius 2 is 1.94 bits per heavy atom. The van der Waals surface area contributed by atoms with Gasteiger partial charge in [-0.15, -0.1) is 0 Å². The van der Waals surface area contributed by atoms with Crippen LogP contribution in [0.15, 0.2) is 48.5 Å². The fourth-order valence-corrected chi connectivity index (χ4v) is 1.65. The molecule has 3 heteroatoms. The van der Waals surface area contributed by atoms with Crippen molar-refractivity contribution in [1.82, 2.24) is 0 Å². The van der Waals surface area contributed by atoms with E-state index >= 15 is 0 Å². The maximum Gasteiger partial charge on any atom is 0.141 e. The first kappa shape index (κ1) is 11.3. The Bertz CT molecular complexity index is 497. The first-order valence-electron chi connectivity index (χ1n) is 5.44. The van der Waals surface area contributed by atoms with E-state index in [1.807, 2.05) is 36.4 Å². The second kappa shape index (κ2) is 5.25. The lowest BCUT2D eigenvalue weighted by molar-refractivity contribution is 0.416. The van der Waals surface area contributed by atoms with Gasteiger partial charge in [0.15, 0.2) is 0 Å². The van der Waals surface area contributed by atoms with Crippen molar-refractivity contribution in [3.63, 3.8) is 0 Å². The third-order valence-corrected chi connectivity index (χ3v) is 2.50. The van der Waals surface area contributed by atoms with Crippen molar-refractivity contribution in [3.8, 4) is 11.5 Å². The first-order chi connectivity index (χ1) is 8.29. The van der Waals surface area contributed by atoms with Crippen molar-refractivity contribution in [3.05, 3.63) is 54.1 Å². The van der Waals surface area contributed by atoms with Crippen LogP contribution in [0.1, 0.15) is 5.56 Å². The van der Waals surface area contributed by atoms with E-state index in [2.05, 4.69) is 5.32 Å². The van der Waals surface area contributed by atoms with Gasteiger partial charge in [-0.05, 0) is 29.8 Å². The summed E-state index contributed by atoms with van der Waals surface area (Å²) < 4.78 is 5.25. The van der Waals surface area contributed by atoms with Gasteiger partial charge in [0, 0.05) is 6.54 Å². The number of phenolic OH excluding ortho intramolecular Hbond substituents is 1. The minimum absolute atomic E-state index is 0.282. The molecule has 88 valence electrons. The zero-order chi connectivity index (χ0) is 12.1. The summed E-state index contributed by atoms with van der Waals surface area (Å²) in [4.78, 5) is 0. The van der Waals surface area contributed by atoms with Gasteiger partial charge in [-0.2, -0.15) is 0 Å². The van der Waals surface area contributed by atoms with E-state index in [1.54, 1.807) is 19.2 Å². The van der Waals surface area contributed by atoms with Crippen LogP contribution in [-0.4, -0.2) is 12.2 Å². The molecule has 0 bridgehead atoms. The summed E-state index contributed by atoms with van der Waals surface area (Å²) >= 11 is 0. The molecule has 0 atom stereocenters. The van der Waals surface area contributed by atoms with Crippen LogP contribution in [-0.2, 0) is 6.54 Å². The Morgan fingerprint density at radius 1 is 1.12 bits per heavy atom. The van der Waals surface area contributed by atoms with E-state index in [0.29, 0.717) is 6.54 Å². The number of hydrogen-bond acceptors (Lipinski definition) is 3. The summed E-state index contributed by atoms with van der Waals surface area (Å²) in [6.45, 7) is 0.648. The van der Waals surface area contributed by atoms with Crippen molar-refractivity contribution in [2.24, 2.45) is 0 Å². The van der Waals surface area contributed by atoms with Gasteiger partial charge in [-0.3, -0.25) is 0 Å². The molecule has 0 fully saturated rings. The summed E-state index contributed by atoms with van der Waals surface area (Å²) in [6, 6.07) is 14.9. The second-order valence-electron chi connectivity index (χ2n) is 3.72. The summed E-state index contributed by atoms with van der Waals surface area (Å²) in [5.41, 5.74) is 1.97. The van der Waals surface area contributed by atoms with E-state index in [0.717, 1.165) is 17.0 Å². The molecule has 0 saturated heterocycles. The third kappa shape index (κ3) is 2.91. The summed E-state index contributed by atoms with van der Waals surface area (Å²) in [5.74, 6) is 1.09. The van der Waals surface area contributed by atoms with Crippen LogP contribution in [0.25, 0.3) is 0 Å². The molecule has 0 aliphatic carbocycles. The van der Waals surface area contributed by atoms with Gasteiger partial charge in [-0.1, -0.05) is 24.3 Å². The molecule has 0 heterocycles. The minimum Gasteiger partial charge on any atom is -0.508 e. The molecule has 2 aromatic carbocycles. The molecule has 0 saturated carbocycles. The lowest BCUT2D eigenvalue weighted by Crippen LogP contribution is -2.00. The average Bonchev–Trinajstić information content (AvgIpc) is 2.37. The van der Waals surface area contributed by atoms with E-state index in [4.69, 9.17) is 4.74 Å². The van der Waals surface area contributed by atoms with Crippen molar-refractivity contribution in [2.45, 2.75) is 6.54 Å². The van der Waals surface area contributed by atoms with Gasteiger partial charge in [-0.25, -0.2) is 0 Å². The molecule has 0 spiro atoms. The number of nitrogens with one attached hydrogen (secondary N) is 1. The molecular formula is C14H15NO2. The van der Waals surface area contributed by atoms with Crippen LogP contribution in [0.5, 0.6) is 11.5 Å². The lowest BCUT2D eigenvalue weighted by Gasteiger charge is -2.10. The van der Waals surface area contributed by atoms with Crippen LogP contribution in [0.2, 0.25) is 0 Å². The monoisotopic (exact) mass is 229 g/mol. The van der Waals surface area contributed by atoms with Crippen LogP contribution < -0.4 is 10.1 Å². The van der Waals surface area contributed by atoms with Gasteiger partial charge in [0.05, 0.1) is 12.8 Å². The molecule has 3 nitrogen and oxygen atoms in total. The van der Waals surface area contributed by atoms with Crippen LogP contribution in [0, 0.1) is 0 Å². The average molecular weight is 229 g/mol. The van der Waals surface area contributed by atoms with E-state index in [-0.39, 0.29) is 5.75 Å². The first-order valence-corrected chi connectivity index (χ1v) is 5.44. The van der Waals surface area contributed by atoms with Crippen LogP contribution >= 0.6 is 0 Å². The molecule has 0 amide bonds. The SMILES string of the molecule is COc1ccccc1NCc1cccc(O)c1. The van der Waals surface area contributed by atoms with E-state index in [1.165, 1.54) is 0 Å². The molecule has 2 N–H and O–H groups in total. The Hall–Kier alpha value is -2.16. The molecule has 2 aromatic rings. The highest BCUT2D eigenvalue weighted by Gasteiger charge is 2.00. The molecule has 0 aliphatic heterocycles. The standard InChI is InChI=1S/C14H15NO2/c1-17-14-8-3-2-7-13(14)15-10-11-5-4-6-12(16)9-11/h2-9,15-16H,10H2,1H3. The number of aromatic hydroxyl groups is 1. The van der Waals surface area contributed by atoms with Crippen molar-refractivity contribution >= 4 is 5.69 Å². The van der Waals surface area contributed by atoms with Gasteiger partial charge >= 0.3 is 0 Å². The zero-order valence-corrected chi connectivity index (χ0v) is 9.68. The van der Waals surface area contributed by atoms with E-state index < -0.39 is 0 Å². The number of phenols is 1. The van der Waals surface area contributed by atoms with Crippen molar-refractivity contribution < 1.29 is 9.84 Å². The number of para-hydroxylation sites is 2. The number of hydrogen-bond donors (Lipinski definition) is 2. The number of ether oxygens (including phenoxy) is 1. The molecule has 17 heavy (non-hydrogen) atoms. The van der Waals surface area contributed by atoms with E-state index in [9.17, 15) is 5.11 Å². The molecule has 2 rings (SSSR count). The smallest absolute Gasteiger partial charge is 0.141 e. The summed E-state index contributed by atoms with van der Waals surface area (Å²) in [7, 11) is 1.65. The highest BCUT2D eigenvalue weighted by Crippen LogP contribution is 2.23. The number of anilines is 1. The molecule has 0 aliphatic rings. The maximum atomic E-state index is 9.36. The maximum absolute atomic E-state index is 9.36. The Kier molecular flexibility index (Phi) is 3.50. The number of benzene rings is 2. The predicted molar refractivity (Wildman–Crippen MR) is 68.4 cm³/mol. The normalized spacial score (nSPS) is 9.94. The summed E-state index contributed by atoms with van der Waals surface area (Å²) in [6.07, 6.45) is 0. The second-order valence-corrected chi connectivity index (χ2v) is 3.72. The minimum atomic E-state index is 0.282. The zero-order valence-electron chi connectivity index (χ0n) is 9.68. The molecule has 0 aromatic heterocycles. The third-order valence-electron chi connectivity index (χ3n) is 2.50. The molecule has 0 unspecified atom stereocenters. The summed E-state index contributed by atoms with van der Waals surface area (Å²) in [5, 5.41) is 12.6. The Balaban J connectivity index is 2.07. The quantitative estimate of drug-likeness (QED) is 0.846. The van der Waals surface area contributed by atoms with Gasteiger partial charge in [0.2, 0.25) is 0 Å². The Labute approximate surface area is 101 Å². The van der Waals surface area contributed by atoms with Crippen LogP contribution in [0.3, 0.4) is 0 Å². The number of methoxy groups -OCH3 is 1. The molecule has 0 radical (unpaired) electrons. The highest BCUT2D eigenvalue weighted by molar-refractivity contribution is 5.56. The lowest BCUT2D eigenvalue weighted by atomic mass is 10.2. The fourth-order valence-electron chi connectivity index (χ4n) is 1.65. The number of rotatable bonds is 4. The van der Waals surface area contributed by atoms with Gasteiger partial charge in [0.25, 0.3) is 0 Å². The van der Waals surface area contributed by atoms with Crippen LogP contribution in [0.4, 0.5) is 5.69 Å². The topological polar surface area (TPSA) is 41.5 Å². The highest BCUT2D eigenvalue weighted by atomic mass is 16.5. The largest absolute Gasteiger partial charge is 0.508 e. The Morgan fingerprint density at radius 3 is 2.71 bits per heavy atom.